The lowest BCUT2D eigenvalue weighted by Gasteiger charge is -2.04. The Labute approximate surface area is 104 Å². The highest BCUT2D eigenvalue weighted by Crippen LogP contribution is 2.11. The van der Waals surface area contributed by atoms with Crippen LogP contribution in [-0.4, -0.2) is 20.3 Å². The van der Waals surface area contributed by atoms with Crippen LogP contribution in [-0.2, 0) is 13.0 Å². The molecule has 0 radical (unpaired) electrons. The zero-order valence-electron chi connectivity index (χ0n) is 10.0. The van der Waals surface area contributed by atoms with E-state index in [1.165, 1.54) is 11.3 Å². The highest BCUT2D eigenvalue weighted by Gasteiger charge is 2.13. The molecule has 0 saturated heterocycles. The molecule has 0 unspecified atom stereocenters. The van der Waals surface area contributed by atoms with Crippen LogP contribution in [0.15, 0.2) is 17.8 Å². The first-order valence-corrected chi connectivity index (χ1v) is 6.54. The van der Waals surface area contributed by atoms with Crippen molar-refractivity contribution in [3.05, 3.63) is 34.3 Å². The number of ketones is 1. The number of nitrogens with zero attached hydrogens (tertiary/aromatic N) is 3. The molecule has 0 bridgehead atoms. The second-order valence-corrected chi connectivity index (χ2v) is 4.95. The van der Waals surface area contributed by atoms with E-state index in [0.717, 1.165) is 23.8 Å². The van der Waals surface area contributed by atoms with Crippen molar-refractivity contribution in [2.45, 2.75) is 33.2 Å². The third-order valence-electron chi connectivity index (χ3n) is 2.49. The van der Waals surface area contributed by atoms with Gasteiger partial charge in [-0.3, -0.25) is 4.79 Å². The Hall–Kier alpha value is -1.49. The first-order chi connectivity index (χ1) is 8.20. The number of carbonyl (C=O) groups excluding carboxylic acids is 1. The van der Waals surface area contributed by atoms with Gasteiger partial charge in [-0.05, 0) is 13.3 Å². The Morgan fingerprint density at radius 3 is 3.00 bits per heavy atom. The topological polar surface area (TPSA) is 47.8 Å². The van der Waals surface area contributed by atoms with Crippen LogP contribution < -0.4 is 0 Å². The van der Waals surface area contributed by atoms with Crippen molar-refractivity contribution in [1.82, 2.24) is 14.5 Å². The van der Waals surface area contributed by atoms with Crippen molar-refractivity contribution in [3.63, 3.8) is 0 Å². The maximum Gasteiger partial charge on any atom is 0.189 e. The molecule has 0 aliphatic rings. The predicted octanol–water partition coefficient (Wildman–Crippen LogP) is 2.48. The van der Waals surface area contributed by atoms with Crippen LogP contribution in [0.3, 0.4) is 0 Å². The summed E-state index contributed by atoms with van der Waals surface area (Å²) in [6.07, 6.45) is 5.02. The Morgan fingerprint density at radius 1 is 1.53 bits per heavy atom. The fraction of sp³-hybridized carbons (Fsp3) is 0.417. The Bertz CT molecular complexity index is 515. The number of aryl methyl sites for hydroxylation is 2. The maximum absolute atomic E-state index is 12.0. The fourth-order valence-electron chi connectivity index (χ4n) is 1.68. The zero-order chi connectivity index (χ0) is 12.3. The molecular formula is C12H15N3OS. The molecule has 2 rings (SSSR count). The van der Waals surface area contributed by atoms with Crippen molar-refractivity contribution >= 4 is 17.1 Å². The third-order valence-corrected chi connectivity index (χ3v) is 3.26. The predicted molar refractivity (Wildman–Crippen MR) is 67.4 cm³/mol. The molecule has 0 atom stereocenters. The molecule has 5 heteroatoms. The molecule has 2 aromatic rings. The van der Waals surface area contributed by atoms with Crippen molar-refractivity contribution in [2.75, 3.05) is 0 Å². The molecule has 2 heterocycles. The summed E-state index contributed by atoms with van der Waals surface area (Å²) in [6, 6.07) is 0. The van der Waals surface area contributed by atoms with E-state index in [1.54, 1.807) is 6.20 Å². The third kappa shape index (κ3) is 2.79. The van der Waals surface area contributed by atoms with E-state index in [2.05, 4.69) is 16.9 Å². The van der Waals surface area contributed by atoms with Gasteiger partial charge in [-0.25, -0.2) is 9.97 Å². The van der Waals surface area contributed by atoms with Crippen LogP contribution in [0, 0.1) is 6.92 Å². The Balaban J connectivity index is 2.10. The van der Waals surface area contributed by atoms with E-state index in [9.17, 15) is 4.79 Å². The van der Waals surface area contributed by atoms with Crippen molar-refractivity contribution in [2.24, 2.45) is 0 Å². The van der Waals surface area contributed by atoms with E-state index >= 15 is 0 Å². The summed E-state index contributed by atoms with van der Waals surface area (Å²) in [6.45, 7) is 4.91. The smallest absolute Gasteiger partial charge is 0.189 e. The monoisotopic (exact) mass is 249 g/mol. The van der Waals surface area contributed by atoms with Crippen LogP contribution >= 0.6 is 11.3 Å². The fourth-order valence-corrected chi connectivity index (χ4v) is 2.29. The minimum Gasteiger partial charge on any atom is -0.335 e. The molecule has 2 aromatic heterocycles. The molecular weight excluding hydrogens is 234 g/mol. The van der Waals surface area contributed by atoms with E-state index < -0.39 is 0 Å². The number of hydrogen-bond donors (Lipinski definition) is 0. The van der Waals surface area contributed by atoms with Gasteiger partial charge in [0, 0.05) is 24.3 Å². The molecule has 0 saturated carbocycles. The highest BCUT2D eigenvalue weighted by atomic mass is 32.1. The van der Waals surface area contributed by atoms with Gasteiger partial charge in [0.2, 0.25) is 0 Å². The molecule has 0 N–H and O–H groups in total. The molecule has 17 heavy (non-hydrogen) atoms. The Kier molecular flexibility index (Phi) is 3.68. The summed E-state index contributed by atoms with van der Waals surface area (Å²) in [4.78, 5) is 20.4. The summed E-state index contributed by atoms with van der Waals surface area (Å²) in [5.74, 6) is 0.861. The number of carbonyl (C=O) groups is 1. The van der Waals surface area contributed by atoms with Crippen molar-refractivity contribution in [3.8, 4) is 0 Å². The number of imidazole rings is 1. The van der Waals surface area contributed by atoms with Gasteiger partial charge in [0.15, 0.2) is 5.78 Å². The van der Waals surface area contributed by atoms with Crippen LogP contribution in [0.2, 0.25) is 0 Å². The van der Waals surface area contributed by atoms with Crippen molar-refractivity contribution in [1.29, 1.82) is 0 Å². The number of Topliss-reactive ketones (excluding diaryl/α,β-unsaturated/α-hetero) is 1. The summed E-state index contributed by atoms with van der Waals surface area (Å²) < 4.78 is 2.02. The first kappa shape index (κ1) is 12.0. The van der Waals surface area contributed by atoms with Gasteiger partial charge in [0.05, 0.1) is 11.4 Å². The minimum atomic E-state index is 0.0397. The average molecular weight is 249 g/mol. The second-order valence-electron chi connectivity index (χ2n) is 3.89. The number of thiazole rings is 1. The molecule has 0 amide bonds. The standard InChI is InChI=1S/C12H15N3OS/c1-3-5-15-6-4-13-12(15)7-11(16)10-8-17-9(2)14-10/h4,6,8H,3,5,7H2,1-2H3. The Morgan fingerprint density at radius 2 is 2.35 bits per heavy atom. The lowest BCUT2D eigenvalue weighted by molar-refractivity contribution is 0.0985. The van der Waals surface area contributed by atoms with Crippen LogP contribution in [0.25, 0.3) is 0 Å². The lowest BCUT2D eigenvalue weighted by Crippen LogP contribution is -2.10. The summed E-state index contributed by atoms with van der Waals surface area (Å²) >= 11 is 1.50. The number of aromatic nitrogens is 3. The van der Waals surface area contributed by atoms with Gasteiger partial charge in [-0.2, -0.15) is 0 Å². The highest BCUT2D eigenvalue weighted by molar-refractivity contribution is 7.09. The molecule has 0 spiro atoms. The molecule has 0 aromatic carbocycles. The first-order valence-electron chi connectivity index (χ1n) is 5.66. The second kappa shape index (κ2) is 5.23. The quantitative estimate of drug-likeness (QED) is 0.765. The van der Waals surface area contributed by atoms with Crippen LogP contribution in [0.1, 0.15) is 34.7 Å². The molecule has 0 fully saturated rings. The normalized spacial score (nSPS) is 10.7. The SMILES string of the molecule is CCCn1ccnc1CC(=O)c1csc(C)n1. The minimum absolute atomic E-state index is 0.0397. The molecule has 90 valence electrons. The average Bonchev–Trinajstić information content (AvgIpc) is 2.89. The van der Waals surface area contributed by atoms with E-state index in [-0.39, 0.29) is 5.78 Å². The van der Waals surface area contributed by atoms with Gasteiger partial charge in [-0.15, -0.1) is 11.3 Å². The summed E-state index contributed by atoms with van der Waals surface area (Å²) in [7, 11) is 0. The number of hydrogen-bond acceptors (Lipinski definition) is 4. The largest absolute Gasteiger partial charge is 0.335 e. The van der Waals surface area contributed by atoms with Crippen LogP contribution in [0.5, 0.6) is 0 Å². The summed E-state index contributed by atoms with van der Waals surface area (Å²) in [5, 5.41) is 2.73. The van der Waals surface area contributed by atoms with E-state index in [0.29, 0.717) is 12.1 Å². The van der Waals surface area contributed by atoms with E-state index in [4.69, 9.17) is 0 Å². The molecule has 4 nitrogen and oxygen atoms in total. The maximum atomic E-state index is 12.0. The van der Waals surface area contributed by atoms with E-state index in [1.807, 2.05) is 23.1 Å². The van der Waals surface area contributed by atoms with Gasteiger partial charge in [-0.1, -0.05) is 6.92 Å². The molecule has 0 aliphatic heterocycles. The van der Waals surface area contributed by atoms with Gasteiger partial charge in [0.1, 0.15) is 11.5 Å². The lowest BCUT2D eigenvalue weighted by atomic mass is 10.2. The van der Waals surface area contributed by atoms with Crippen molar-refractivity contribution < 1.29 is 4.79 Å². The van der Waals surface area contributed by atoms with Gasteiger partial charge in [0.25, 0.3) is 0 Å². The van der Waals surface area contributed by atoms with Gasteiger partial charge < -0.3 is 4.57 Å². The summed E-state index contributed by atoms with van der Waals surface area (Å²) in [5.41, 5.74) is 0.554. The van der Waals surface area contributed by atoms with Gasteiger partial charge >= 0.3 is 0 Å². The zero-order valence-corrected chi connectivity index (χ0v) is 10.8. The van der Waals surface area contributed by atoms with Crippen LogP contribution in [0.4, 0.5) is 0 Å². The molecule has 0 aliphatic carbocycles. The number of rotatable bonds is 5.